The summed E-state index contributed by atoms with van der Waals surface area (Å²) >= 11 is 0. The number of nitrogens with one attached hydrogen (secondary N) is 1. The molecule has 0 spiro atoms. The van der Waals surface area contributed by atoms with Gasteiger partial charge in [-0.15, -0.1) is 0 Å². The number of ether oxygens (including phenoxy) is 3. The van der Waals surface area contributed by atoms with E-state index in [4.69, 9.17) is 18.7 Å². The largest absolute Gasteiger partial charge is 0.458 e. The predicted molar refractivity (Wildman–Crippen MR) is 96.6 cm³/mol. The molecule has 8 heteroatoms. The quantitative estimate of drug-likeness (QED) is 0.656. The highest BCUT2D eigenvalue weighted by Gasteiger charge is 2.17. The predicted octanol–water partition coefficient (Wildman–Crippen LogP) is 2.54. The van der Waals surface area contributed by atoms with Crippen molar-refractivity contribution in [1.29, 1.82) is 0 Å². The fraction of sp³-hybridized carbons (Fsp3) is 0.150. The topological polar surface area (TPSA) is 99.9 Å². The maximum absolute atomic E-state index is 12.1. The van der Waals surface area contributed by atoms with Gasteiger partial charge < -0.3 is 24.1 Å². The van der Waals surface area contributed by atoms with Gasteiger partial charge in [0, 0.05) is 17.2 Å². The number of amides is 1. The fourth-order valence-electron chi connectivity index (χ4n) is 2.62. The maximum atomic E-state index is 12.1. The van der Waals surface area contributed by atoms with E-state index in [-0.39, 0.29) is 19.9 Å². The third-order valence-electron chi connectivity index (χ3n) is 4.03. The zero-order chi connectivity index (χ0) is 19.3. The number of esters is 1. The number of hydrogen-bond donors (Lipinski definition) is 1. The Morgan fingerprint density at radius 2 is 1.86 bits per heavy atom. The lowest BCUT2D eigenvalue weighted by Crippen LogP contribution is -2.30. The molecule has 142 valence electrons. The molecular weight excluding hydrogens is 364 g/mol. The van der Waals surface area contributed by atoms with Crippen molar-refractivity contribution in [2.45, 2.75) is 6.61 Å². The number of benzene rings is 2. The van der Waals surface area contributed by atoms with E-state index in [1.54, 1.807) is 24.3 Å². The van der Waals surface area contributed by atoms with E-state index in [1.165, 1.54) is 0 Å². The van der Waals surface area contributed by atoms with Crippen molar-refractivity contribution < 1.29 is 28.3 Å². The minimum absolute atomic E-state index is 0.0466. The van der Waals surface area contributed by atoms with Gasteiger partial charge in [-0.25, -0.2) is 0 Å². The van der Waals surface area contributed by atoms with Crippen LogP contribution in [0.1, 0.15) is 16.1 Å². The van der Waals surface area contributed by atoms with Crippen LogP contribution in [0.2, 0.25) is 0 Å². The number of hydrogen-bond acceptors (Lipinski definition) is 7. The van der Waals surface area contributed by atoms with Gasteiger partial charge in [-0.1, -0.05) is 35.5 Å². The molecule has 1 N–H and O–H groups in total. The first-order valence-corrected chi connectivity index (χ1v) is 8.53. The number of nitrogens with zero attached hydrogens (tertiary/aromatic N) is 1. The van der Waals surface area contributed by atoms with Gasteiger partial charge in [0.2, 0.25) is 6.79 Å². The molecule has 0 fully saturated rings. The van der Waals surface area contributed by atoms with Crippen LogP contribution < -0.4 is 14.8 Å². The Morgan fingerprint density at radius 3 is 2.71 bits per heavy atom. The van der Waals surface area contributed by atoms with Crippen LogP contribution >= 0.6 is 0 Å². The molecule has 1 amide bonds. The Kier molecular flexibility index (Phi) is 4.92. The van der Waals surface area contributed by atoms with Gasteiger partial charge in [0.15, 0.2) is 17.3 Å². The summed E-state index contributed by atoms with van der Waals surface area (Å²) in [5.41, 5.74) is 1.72. The Balaban J connectivity index is 1.26. The highest BCUT2D eigenvalue weighted by atomic mass is 16.7. The van der Waals surface area contributed by atoms with E-state index in [1.807, 2.05) is 30.3 Å². The van der Waals surface area contributed by atoms with Crippen LogP contribution in [0.3, 0.4) is 0 Å². The van der Waals surface area contributed by atoms with Gasteiger partial charge in [-0.05, 0) is 18.2 Å². The normalized spacial score (nSPS) is 11.9. The monoisotopic (exact) mass is 380 g/mol. The Labute approximate surface area is 160 Å². The number of carbonyl (C=O) groups is 2. The average molecular weight is 380 g/mol. The molecule has 0 saturated carbocycles. The number of aromatic nitrogens is 1. The molecule has 3 aromatic rings. The molecule has 0 atom stereocenters. The van der Waals surface area contributed by atoms with Crippen LogP contribution in [0, 0.1) is 0 Å². The Hall–Kier alpha value is -3.81. The van der Waals surface area contributed by atoms with Crippen LogP contribution in [0.25, 0.3) is 11.3 Å². The lowest BCUT2D eigenvalue weighted by Gasteiger charge is -2.06. The second kappa shape index (κ2) is 7.83. The van der Waals surface area contributed by atoms with E-state index < -0.39 is 11.9 Å². The van der Waals surface area contributed by atoms with E-state index in [2.05, 4.69) is 10.5 Å². The summed E-state index contributed by atoms with van der Waals surface area (Å²) < 4.78 is 20.8. The van der Waals surface area contributed by atoms with E-state index in [0.29, 0.717) is 28.5 Å². The summed E-state index contributed by atoms with van der Waals surface area (Å²) in [5.74, 6) is 0.665. The molecule has 2 aromatic carbocycles. The maximum Gasteiger partial charge on any atom is 0.325 e. The van der Waals surface area contributed by atoms with Gasteiger partial charge >= 0.3 is 5.97 Å². The number of fused-ring (bicyclic) bond motifs is 1. The highest BCUT2D eigenvalue weighted by Crippen LogP contribution is 2.32. The van der Waals surface area contributed by atoms with Crippen molar-refractivity contribution in [1.82, 2.24) is 10.5 Å². The van der Waals surface area contributed by atoms with Crippen molar-refractivity contribution in [3.05, 3.63) is 65.9 Å². The van der Waals surface area contributed by atoms with Gasteiger partial charge in [0.25, 0.3) is 5.91 Å². The minimum Gasteiger partial charge on any atom is -0.458 e. The molecule has 8 nitrogen and oxygen atoms in total. The fourth-order valence-corrected chi connectivity index (χ4v) is 2.62. The van der Waals surface area contributed by atoms with Crippen molar-refractivity contribution in [3.63, 3.8) is 0 Å². The second-order valence-corrected chi connectivity index (χ2v) is 5.96. The molecule has 4 rings (SSSR count). The van der Waals surface area contributed by atoms with Crippen molar-refractivity contribution in [2.24, 2.45) is 0 Å². The first-order chi connectivity index (χ1) is 13.7. The molecule has 0 saturated heterocycles. The standard InChI is InChI=1S/C20H16N2O6/c23-19(10-21-20(24)14-6-7-16-18(8-14)27-12-26-16)25-11-15-9-17(28-22-15)13-4-2-1-3-5-13/h1-9H,10-12H2,(H,21,24). The van der Waals surface area contributed by atoms with Crippen molar-refractivity contribution in [2.75, 3.05) is 13.3 Å². The van der Waals surface area contributed by atoms with Gasteiger partial charge in [0.1, 0.15) is 18.8 Å². The van der Waals surface area contributed by atoms with E-state index in [0.717, 1.165) is 5.56 Å². The molecule has 1 aliphatic rings. The average Bonchev–Trinajstić information content (AvgIpc) is 3.40. The van der Waals surface area contributed by atoms with Crippen molar-refractivity contribution in [3.8, 4) is 22.8 Å². The van der Waals surface area contributed by atoms with Gasteiger partial charge in [0.05, 0.1) is 0 Å². The molecule has 0 radical (unpaired) electrons. The first-order valence-electron chi connectivity index (χ1n) is 8.53. The molecule has 28 heavy (non-hydrogen) atoms. The third kappa shape index (κ3) is 3.96. The second-order valence-electron chi connectivity index (χ2n) is 5.96. The zero-order valence-corrected chi connectivity index (χ0v) is 14.7. The number of rotatable bonds is 6. The van der Waals surface area contributed by atoms with Crippen LogP contribution in [0.15, 0.2) is 59.1 Å². The van der Waals surface area contributed by atoms with E-state index >= 15 is 0 Å². The summed E-state index contributed by atoms with van der Waals surface area (Å²) in [5, 5.41) is 6.38. The smallest absolute Gasteiger partial charge is 0.325 e. The molecule has 0 bridgehead atoms. The van der Waals surface area contributed by atoms with Crippen LogP contribution in [0.5, 0.6) is 11.5 Å². The SMILES string of the molecule is O=C(CNC(=O)c1ccc2c(c1)OCO2)OCc1cc(-c2ccccc2)on1. The van der Waals surface area contributed by atoms with Gasteiger partial charge in [-0.2, -0.15) is 0 Å². The molecule has 1 aliphatic heterocycles. The van der Waals surface area contributed by atoms with E-state index in [9.17, 15) is 9.59 Å². The van der Waals surface area contributed by atoms with Crippen molar-refractivity contribution >= 4 is 11.9 Å². The van der Waals surface area contributed by atoms with Crippen LogP contribution in [-0.4, -0.2) is 30.4 Å². The number of carbonyl (C=O) groups excluding carboxylic acids is 2. The molecular formula is C20H16N2O6. The highest BCUT2D eigenvalue weighted by molar-refractivity contribution is 5.96. The zero-order valence-electron chi connectivity index (χ0n) is 14.7. The summed E-state index contributed by atoms with van der Waals surface area (Å²) in [4.78, 5) is 24.0. The summed E-state index contributed by atoms with van der Waals surface area (Å²) in [6.45, 7) is -0.188. The summed E-state index contributed by atoms with van der Waals surface area (Å²) in [6, 6.07) is 16.0. The third-order valence-corrected chi connectivity index (χ3v) is 4.03. The summed E-state index contributed by atoms with van der Waals surface area (Å²) in [7, 11) is 0. The molecule has 0 aliphatic carbocycles. The lowest BCUT2D eigenvalue weighted by molar-refractivity contribution is -0.143. The molecule has 2 heterocycles. The minimum atomic E-state index is -0.585. The molecule has 0 unspecified atom stereocenters. The lowest BCUT2D eigenvalue weighted by atomic mass is 10.2. The Bertz CT molecular complexity index is 999. The van der Waals surface area contributed by atoms with Crippen LogP contribution in [0.4, 0.5) is 0 Å². The Morgan fingerprint density at radius 1 is 1.04 bits per heavy atom. The molecule has 1 aromatic heterocycles. The van der Waals surface area contributed by atoms with Crippen LogP contribution in [-0.2, 0) is 16.1 Å². The summed E-state index contributed by atoms with van der Waals surface area (Å²) in [6.07, 6.45) is 0. The first kappa shape index (κ1) is 17.6. The van der Waals surface area contributed by atoms with Gasteiger partial charge in [-0.3, -0.25) is 9.59 Å².